The van der Waals surface area contributed by atoms with Crippen LogP contribution in [0, 0.1) is 17.2 Å². The van der Waals surface area contributed by atoms with Crippen molar-refractivity contribution in [3.05, 3.63) is 45.5 Å². The van der Waals surface area contributed by atoms with E-state index in [9.17, 15) is 10.1 Å². The van der Waals surface area contributed by atoms with E-state index in [1.54, 1.807) is 23.0 Å². The Morgan fingerprint density at radius 2 is 2.12 bits per heavy atom. The lowest BCUT2D eigenvalue weighted by atomic mass is 9.96. The minimum Gasteiger partial charge on any atom is -0.354 e. The number of anilines is 1. The number of rotatable bonds is 3. The maximum atomic E-state index is 12.3. The fourth-order valence-corrected chi connectivity index (χ4v) is 3.79. The molecule has 2 aromatic rings. The van der Waals surface area contributed by atoms with Gasteiger partial charge in [-0.1, -0.05) is 0 Å². The summed E-state index contributed by atoms with van der Waals surface area (Å²) in [5, 5.41) is 21.8. The zero-order valence-corrected chi connectivity index (χ0v) is 14.1. The van der Waals surface area contributed by atoms with Crippen molar-refractivity contribution in [1.82, 2.24) is 20.0 Å². The van der Waals surface area contributed by atoms with Gasteiger partial charge in [-0.15, -0.1) is 5.10 Å². The molecule has 0 bridgehead atoms. The standard InChI is InChI=1S/C18H20N6O/c19-11-15-4-7-20-21-18(15)23-8-5-13(6-9-23)12-24-17(25)10-14-2-1-3-16(14)22-24/h4,7,10,13H,1-3,5-6,8-9,12H2. The van der Waals surface area contributed by atoms with Gasteiger partial charge in [0.05, 0.1) is 17.5 Å². The SMILES string of the molecule is N#Cc1ccnnc1N1CCC(Cn2nc3c(cc2=O)CCC3)CC1. The topological polar surface area (TPSA) is 87.7 Å². The second-order valence-corrected chi connectivity index (χ2v) is 6.80. The Labute approximate surface area is 145 Å². The summed E-state index contributed by atoms with van der Waals surface area (Å²) >= 11 is 0. The second-order valence-electron chi connectivity index (χ2n) is 6.80. The van der Waals surface area contributed by atoms with Crippen LogP contribution in [0.3, 0.4) is 0 Å². The molecule has 3 heterocycles. The molecule has 0 unspecified atom stereocenters. The molecule has 1 fully saturated rings. The third-order valence-corrected chi connectivity index (χ3v) is 5.19. The molecule has 0 amide bonds. The summed E-state index contributed by atoms with van der Waals surface area (Å²) in [7, 11) is 0. The fraction of sp³-hybridized carbons (Fsp3) is 0.500. The summed E-state index contributed by atoms with van der Waals surface area (Å²) in [4.78, 5) is 14.4. The van der Waals surface area contributed by atoms with Gasteiger partial charge in [-0.25, -0.2) is 4.68 Å². The fourth-order valence-electron chi connectivity index (χ4n) is 3.79. The summed E-state index contributed by atoms with van der Waals surface area (Å²) in [6.07, 6.45) is 6.51. The van der Waals surface area contributed by atoms with Crippen LogP contribution < -0.4 is 10.5 Å². The van der Waals surface area contributed by atoms with Crippen molar-refractivity contribution in [3.63, 3.8) is 0 Å². The summed E-state index contributed by atoms with van der Waals surface area (Å²) < 4.78 is 1.65. The second kappa shape index (κ2) is 6.63. The summed E-state index contributed by atoms with van der Waals surface area (Å²) in [6.45, 7) is 2.31. The molecule has 1 saturated heterocycles. The smallest absolute Gasteiger partial charge is 0.267 e. The van der Waals surface area contributed by atoms with E-state index < -0.39 is 0 Å². The molecule has 0 spiro atoms. The Morgan fingerprint density at radius 3 is 2.92 bits per heavy atom. The first-order chi connectivity index (χ1) is 12.2. The number of piperidine rings is 1. The van der Waals surface area contributed by atoms with Crippen LogP contribution in [0.4, 0.5) is 5.82 Å². The molecule has 0 N–H and O–H groups in total. The van der Waals surface area contributed by atoms with Crippen molar-refractivity contribution in [2.24, 2.45) is 5.92 Å². The number of fused-ring (bicyclic) bond motifs is 1. The normalized spacial score (nSPS) is 17.3. The largest absolute Gasteiger partial charge is 0.354 e. The molecule has 2 aromatic heterocycles. The molecular formula is C18H20N6O. The molecule has 7 heteroatoms. The van der Waals surface area contributed by atoms with Crippen LogP contribution in [0.2, 0.25) is 0 Å². The van der Waals surface area contributed by atoms with Gasteiger partial charge < -0.3 is 4.90 Å². The molecule has 2 aliphatic rings. The number of aryl methyl sites for hydroxylation is 2. The van der Waals surface area contributed by atoms with Crippen LogP contribution in [0.5, 0.6) is 0 Å². The molecule has 128 valence electrons. The van der Waals surface area contributed by atoms with E-state index in [-0.39, 0.29) is 5.56 Å². The maximum absolute atomic E-state index is 12.3. The minimum atomic E-state index is 0.0174. The number of hydrogen-bond acceptors (Lipinski definition) is 6. The van der Waals surface area contributed by atoms with Gasteiger partial charge in [0.15, 0.2) is 5.82 Å². The molecule has 1 aliphatic heterocycles. The highest BCUT2D eigenvalue weighted by atomic mass is 16.1. The lowest BCUT2D eigenvalue weighted by Crippen LogP contribution is -2.37. The molecular weight excluding hydrogens is 316 g/mol. The van der Waals surface area contributed by atoms with E-state index in [1.165, 1.54) is 0 Å². The number of hydrogen-bond donors (Lipinski definition) is 0. The molecule has 0 saturated carbocycles. The van der Waals surface area contributed by atoms with Crippen LogP contribution in [0.25, 0.3) is 0 Å². The highest BCUT2D eigenvalue weighted by Gasteiger charge is 2.24. The van der Waals surface area contributed by atoms with Crippen LogP contribution in [-0.2, 0) is 19.4 Å². The predicted octanol–water partition coefficient (Wildman–Crippen LogP) is 1.31. The van der Waals surface area contributed by atoms with Crippen molar-refractivity contribution >= 4 is 5.82 Å². The van der Waals surface area contributed by atoms with Crippen molar-refractivity contribution in [2.45, 2.75) is 38.6 Å². The molecule has 25 heavy (non-hydrogen) atoms. The third kappa shape index (κ3) is 3.12. The molecule has 0 atom stereocenters. The van der Waals surface area contributed by atoms with Crippen LogP contribution in [0.15, 0.2) is 23.1 Å². The van der Waals surface area contributed by atoms with Gasteiger partial charge in [0.25, 0.3) is 5.56 Å². The molecule has 7 nitrogen and oxygen atoms in total. The van der Waals surface area contributed by atoms with Gasteiger partial charge in [-0.2, -0.15) is 15.5 Å². The average Bonchev–Trinajstić information content (AvgIpc) is 3.09. The van der Waals surface area contributed by atoms with Crippen molar-refractivity contribution in [1.29, 1.82) is 5.26 Å². The van der Waals surface area contributed by atoms with Crippen LogP contribution in [0.1, 0.15) is 36.1 Å². The Balaban J connectivity index is 1.43. The van der Waals surface area contributed by atoms with E-state index in [4.69, 9.17) is 0 Å². The van der Waals surface area contributed by atoms with Crippen LogP contribution in [-0.4, -0.2) is 33.1 Å². The first-order valence-corrected chi connectivity index (χ1v) is 8.81. The summed E-state index contributed by atoms with van der Waals surface area (Å²) in [5.74, 6) is 1.08. The monoisotopic (exact) mass is 336 g/mol. The predicted molar refractivity (Wildman–Crippen MR) is 92.2 cm³/mol. The molecule has 0 aromatic carbocycles. The number of aromatic nitrogens is 4. The van der Waals surface area contributed by atoms with Gasteiger partial charge in [-0.05, 0) is 49.7 Å². The molecule has 1 aliphatic carbocycles. The third-order valence-electron chi connectivity index (χ3n) is 5.19. The van der Waals surface area contributed by atoms with E-state index in [1.807, 2.05) is 0 Å². The molecule has 0 radical (unpaired) electrons. The Kier molecular flexibility index (Phi) is 4.18. The lowest BCUT2D eigenvalue weighted by Gasteiger charge is -2.32. The quantitative estimate of drug-likeness (QED) is 0.840. The van der Waals surface area contributed by atoms with Gasteiger partial charge in [0.1, 0.15) is 6.07 Å². The summed E-state index contributed by atoms with van der Waals surface area (Å²) in [5.41, 5.74) is 2.80. The Bertz CT molecular complexity index is 876. The highest BCUT2D eigenvalue weighted by molar-refractivity contribution is 5.52. The van der Waals surface area contributed by atoms with Gasteiger partial charge in [0, 0.05) is 25.7 Å². The minimum absolute atomic E-state index is 0.0174. The van der Waals surface area contributed by atoms with Crippen LogP contribution >= 0.6 is 0 Å². The van der Waals surface area contributed by atoms with Crippen molar-refractivity contribution in [2.75, 3.05) is 18.0 Å². The first kappa shape index (κ1) is 15.8. The van der Waals surface area contributed by atoms with Crippen molar-refractivity contribution in [3.8, 4) is 6.07 Å². The van der Waals surface area contributed by atoms with E-state index >= 15 is 0 Å². The van der Waals surface area contributed by atoms with E-state index in [0.717, 1.165) is 56.5 Å². The molecule has 4 rings (SSSR count). The van der Waals surface area contributed by atoms with Gasteiger partial charge in [-0.3, -0.25) is 4.79 Å². The van der Waals surface area contributed by atoms with Gasteiger partial charge >= 0.3 is 0 Å². The van der Waals surface area contributed by atoms with Gasteiger partial charge in [0.2, 0.25) is 0 Å². The maximum Gasteiger partial charge on any atom is 0.267 e. The zero-order valence-electron chi connectivity index (χ0n) is 14.1. The average molecular weight is 336 g/mol. The zero-order chi connectivity index (χ0) is 17.2. The number of nitriles is 1. The highest BCUT2D eigenvalue weighted by Crippen LogP contribution is 2.24. The first-order valence-electron chi connectivity index (χ1n) is 8.81. The van der Waals surface area contributed by atoms with E-state index in [2.05, 4.69) is 26.3 Å². The number of nitrogens with zero attached hydrogens (tertiary/aromatic N) is 6. The van der Waals surface area contributed by atoms with E-state index in [0.29, 0.717) is 23.8 Å². The Morgan fingerprint density at radius 1 is 1.28 bits per heavy atom. The Hall–Kier alpha value is -2.75. The summed E-state index contributed by atoms with van der Waals surface area (Å²) in [6, 6.07) is 5.64. The lowest BCUT2D eigenvalue weighted by molar-refractivity contribution is 0.332. The van der Waals surface area contributed by atoms with Crippen molar-refractivity contribution < 1.29 is 0 Å².